The van der Waals surface area contributed by atoms with Gasteiger partial charge in [0.05, 0.1) is 17.3 Å². The van der Waals surface area contributed by atoms with Crippen molar-refractivity contribution in [2.75, 3.05) is 5.32 Å². The van der Waals surface area contributed by atoms with E-state index in [-0.39, 0.29) is 11.7 Å². The summed E-state index contributed by atoms with van der Waals surface area (Å²) >= 11 is 0. The van der Waals surface area contributed by atoms with Crippen molar-refractivity contribution in [1.29, 1.82) is 5.26 Å². The Morgan fingerprint density at radius 2 is 2.11 bits per heavy atom. The highest BCUT2D eigenvalue weighted by Gasteiger charge is 2.18. The van der Waals surface area contributed by atoms with Crippen LogP contribution in [-0.4, -0.2) is 20.6 Å². The molecule has 138 valence electrons. The first-order chi connectivity index (χ1) is 13.6. The number of aryl methyl sites for hydroxylation is 1. The minimum Gasteiger partial charge on any atom is -0.337 e. The van der Waals surface area contributed by atoms with Crippen molar-refractivity contribution in [1.82, 2.24) is 14.7 Å². The van der Waals surface area contributed by atoms with Crippen LogP contribution in [0.1, 0.15) is 23.0 Å². The third-order valence-electron chi connectivity index (χ3n) is 4.45. The number of aromatic nitrogens is 3. The first kappa shape index (κ1) is 17.3. The molecule has 2 heterocycles. The summed E-state index contributed by atoms with van der Waals surface area (Å²) in [5.41, 5.74) is 2.63. The number of rotatable bonds is 4. The highest BCUT2D eigenvalue weighted by molar-refractivity contribution is 6.08. The zero-order valence-corrected chi connectivity index (χ0v) is 14.9. The average molecular weight is 373 g/mol. The monoisotopic (exact) mass is 373 g/mol. The number of para-hydroxylation sites is 1. The maximum atomic E-state index is 13.0. The zero-order chi connectivity index (χ0) is 19.7. The minimum atomic E-state index is -0.722. The summed E-state index contributed by atoms with van der Waals surface area (Å²) in [7, 11) is 0. The quantitative estimate of drug-likeness (QED) is 0.570. The van der Waals surface area contributed by atoms with E-state index in [0.717, 1.165) is 10.9 Å². The molecule has 4 aromatic rings. The predicted octanol–water partition coefficient (Wildman–Crippen LogP) is 3.13. The standard InChI is InChI=1S/C20H15N5O3/c1-2-25-16-6-4-3-5-13(16)10-17(25)19(26)22-15-8-7-12(11-21)9-14(15)18-23-20(27)28-24-18/h3-10H,2H2,1H3,(H,22,26)(H,23,24,27). The normalized spacial score (nSPS) is 10.7. The Morgan fingerprint density at radius 1 is 1.29 bits per heavy atom. The van der Waals surface area contributed by atoms with Gasteiger partial charge in [0, 0.05) is 23.0 Å². The number of nitrogens with one attached hydrogen (secondary N) is 2. The van der Waals surface area contributed by atoms with Gasteiger partial charge < -0.3 is 9.88 Å². The van der Waals surface area contributed by atoms with Gasteiger partial charge in [0.25, 0.3) is 5.91 Å². The van der Waals surface area contributed by atoms with Crippen molar-refractivity contribution < 1.29 is 9.32 Å². The fourth-order valence-corrected chi connectivity index (χ4v) is 3.19. The van der Waals surface area contributed by atoms with E-state index in [2.05, 4.69) is 20.0 Å². The lowest BCUT2D eigenvalue weighted by atomic mass is 10.1. The number of fused-ring (bicyclic) bond motifs is 1. The van der Waals surface area contributed by atoms with E-state index in [1.165, 1.54) is 6.07 Å². The van der Waals surface area contributed by atoms with Crippen LogP contribution in [0.15, 0.2) is 57.8 Å². The molecular weight excluding hydrogens is 358 g/mol. The molecule has 0 unspecified atom stereocenters. The molecule has 2 aromatic carbocycles. The van der Waals surface area contributed by atoms with Gasteiger partial charge in [-0.2, -0.15) is 5.26 Å². The molecule has 1 amide bonds. The van der Waals surface area contributed by atoms with Crippen LogP contribution in [0, 0.1) is 11.3 Å². The largest absolute Gasteiger partial charge is 0.439 e. The number of hydrogen-bond donors (Lipinski definition) is 2. The van der Waals surface area contributed by atoms with Crippen molar-refractivity contribution in [3.63, 3.8) is 0 Å². The molecule has 0 aliphatic carbocycles. The topological polar surface area (TPSA) is 117 Å². The first-order valence-corrected chi connectivity index (χ1v) is 8.61. The van der Waals surface area contributed by atoms with Crippen LogP contribution in [-0.2, 0) is 6.54 Å². The van der Waals surface area contributed by atoms with E-state index in [1.54, 1.807) is 12.1 Å². The van der Waals surface area contributed by atoms with Gasteiger partial charge in [0.15, 0.2) is 5.82 Å². The Bertz CT molecular complexity index is 1290. The lowest BCUT2D eigenvalue weighted by Crippen LogP contribution is -2.17. The third-order valence-corrected chi connectivity index (χ3v) is 4.45. The van der Waals surface area contributed by atoms with E-state index in [0.29, 0.717) is 29.1 Å². The van der Waals surface area contributed by atoms with Crippen LogP contribution in [0.3, 0.4) is 0 Å². The second kappa shape index (κ2) is 6.89. The Hall–Kier alpha value is -4.12. The fraction of sp³-hybridized carbons (Fsp3) is 0.100. The van der Waals surface area contributed by atoms with Crippen molar-refractivity contribution in [2.24, 2.45) is 0 Å². The number of nitriles is 1. The molecule has 0 saturated carbocycles. The van der Waals surface area contributed by atoms with Gasteiger partial charge in [0.1, 0.15) is 5.69 Å². The smallest absolute Gasteiger partial charge is 0.337 e. The SMILES string of the molecule is CCn1c(C(=O)Nc2ccc(C#N)cc2-c2noc(=O)[nH]2)cc2ccccc21. The lowest BCUT2D eigenvalue weighted by molar-refractivity contribution is 0.101. The van der Waals surface area contributed by atoms with Gasteiger partial charge in [-0.3, -0.25) is 14.3 Å². The van der Waals surface area contributed by atoms with Gasteiger partial charge in [-0.05, 0) is 37.3 Å². The summed E-state index contributed by atoms with van der Waals surface area (Å²) in [6, 6.07) is 16.3. The molecule has 0 fully saturated rings. The number of nitrogens with zero attached hydrogens (tertiary/aromatic N) is 3. The number of anilines is 1. The molecule has 8 nitrogen and oxygen atoms in total. The van der Waals surface area contributed by atoms with E-state index < -0.39 is 5.76 Å². The van der Waals surface area contributed by atoms with E-state index >= 15 is 0 Å². The number of carbonyl (C=O) groups is 1. The molecular formula is C20H15N5O3. The lowest BCUT2D eigenvalue weighted by Gasteiger charge is -2.11. The molecule has 0 radical (unpaired) electrons. The van der Waals surface area contributed by atoms with Crippen LogP contribution in [0.2, 0.25) is 0 Å². The Kier molecular flexibility index (Phi) is 4.26. The van der Waals surface area contributed by atoms with Crippen molar-refractivity contribution in [2.45, 2.75) is 13.5 Å². The zero-order valence-electron chi connectivity index (χ0n) is 14.9. The molecule has 0 aliphatic heterocycles. The molecule has 0 bridgehead atoms. The second-order valence-corrected chi connectivity index (χ2v) is 6.10. The molecule has 0 spiro atoms. The Labute approximate surface area is 159 Å². The highest BCUT2D eigenvalue weighted by Crippen LogP contribution is 2.27. The highest BCUT2D eigenvalue weighted by atomic mass is 16.5. The van der Waals surface area contributed by atoms with Gasteiger partial charge in [-0.15, -0.1) is 0 Å². The Morgan fingerprint density at radius 3 is 2.82 bits per heavy atom. The molecule has 0 atom stereocenters. The summed E-state index contributed by atoms with van der Waals surface area (Å²) in [6.07, 6.45) is 0. The minimum absolute atomic E-state index is 0.133. The van der Waals surface area contributed by atoms with Gasteiger partial charge in [0.2, 0.25) is 0 Å². The Balaban J connectivity index is 1.77. The number of benzene rings is 2. The molecule has 28 heavy (non-hydrogen) atoms. The number of hydrogen-bond acceptors (Lipinski definition) is 5. The number of aromatic amines is 1. The number of amides is 1. The van der Waals surface area contributed by atoms with Crippen LogP contribution >= 0.6 is 0 Å². The first-order valence-electron chi connectivity index (χ1n) is 8.61. The molecule has 8 heteroatoms. The van der Waals surface area contributed by atoms with E-state index in [9.17, 15) is 9.59 Å². The van der Waals surface area contributed by atoms with Crippen LogP contribution < -0.4 is 11.1 Å². The van der Waals surface area contributed by atoms with Gasteiger partial charge >= 0.3 is 5.76 Å². The number of carbonyl (C=O) groups excluding carboxylic acids is 1. The maximum absolute atomic E-state index is 13.0. The molecule has 4 rings (SSSR count). The van der Waals surface area contributed by atoms with E-state index in [1.807, 2.05) is 47.9 Å². The molecule has 2 aromatic heterocycles. The summed E-state index contributed by atoms with van der Waals surface area (Å²) < 4.78 is 6.48. The van der Waals surface area contributed by atoms with Crippen LogP contribution in [0.25, 0.3) is 22.3 Å². The third kappa shape index (κ3) is 2.95. The predicted molar refractivity (Wildman–Crippen MR) is 103 cm³/mol. The van der Waals surface area contributed by atoms with E-state index in [4.69, 9.17) is 5.26 Å². The summed E-state index contributed by atoms with van der Waals surface area (Å²) in [4.78, 5) is 26.8. The fourth-order valence-electron chi connectivity index (χ4n) is 3.19. The second-order valence-electron chi connectivity index (χ2n) is 6.10. The van der Waals surface area contributed by atoms with Crippen LogP contribution in [0.4, 0.5) is 5.69 Å². The molecule has 0 saturated heterocycles. The summed E-state index contributed by atoms with van der Waals surface area (Å²) in [6.45, 7) is 2.60. The van der Waals surface area contributed by atoms with Crippen molar-refractivity contribution in [3.8, 4) is 17.5 Å². The van der Waals surface area contributed by atoms with Gasteiger partial charge in [-0.25, -0.2) is 4.79 Å². The summed E-state index contributed by atoms with van der Waals surface area (Å²) in [5, 5.41) is 16.6. The van der Waals surface area contributed by atoms with Crippen molar-refractivity contribution in [3.05, 3.63) is 70.3 Å². The van der Waals surface area contributed by atoms with Crippen molar-refractivity contribution >= 4 is 22.5 Å². The van der Waals surface area contributed by atoms with Gasteiger partial charge in [-0.1, -0.05) is 23.4 Å². The average Bonchev–Trinajstić information content (AvgIpc) is 3.31. The number of H-pyrrole nitrogens is 1. The molecule has 0 aliphatic rings. The summed E-state index contributed by atoms with van der Waals surface area (Å²) in [5.74, 6) is -0.899. The maximum Gasteiger partial charge on any atom is 0.439 e. The van der Waals surface area contributed by atoms with Crippen LogP contribution in [0.5, 0.6) is 0 Å². The molecule has 2 N–H and O–H groups in total.